The highest BCUT2D eigenvalue weighted by Gasteiger charge is 2.05. The van der Waals surface area contributed by atoms with Gasteiger partial charge in [0.2, 0.25) is 5.91 Å². The maximum atomic E-state index is 10.6. The zero-order chi connectivity index (χ0) is 11.7. The first kappa shape index (κ1) is 14.4. The van der Waals surface area contributed by atoms with Crippen LogP contribution in [0.5, 0.6) is 0 Å². The van der Waals surface area contributed by atoms with Gasteiger partial charge in [-0.05, 0) is 20.0 Å². The van der Waals surface area contributed by atoms with Gasteiger partial charge in [0.05, 0.1) is 0 Å². The Balaban J connectivity index is 3.47. The number of carbonyl (C=O) groups is 1. The Morgan fingerprint density at radius 2 is 1.87 bits per heavy atom. The molecular formula is C11H25N3O. The first-order valence-corrected chi connectivity index (χ1v) is 5.80. The lowest BCUT2D eigenvalue weighted by molar-refractivity contribution is -0.118. The molecule has 0 aromatic carbocycles. The van der Waals surface area contributed by atoms with Crippen molar-refractivity contribution < 1.29 is 4.79 Å². The lowest BCUT2D eigenvalue weighted by atomic mass is 10.3. The summed E-state index contributed by atoms with van der Waals surface area (Å²) in [5.41, 5.74) is 0. The van der Waals surface area contributed by atoms with Crippen LogP contribution in [0.1, 0.15) is 27.7 Å². The fraction of sp³-hybridized carbons (Fsp3) is 0.909. The van der Waals surface area contributed by atoms with Gasteiger partial charge in [0.15, 0.2) is 0 Å². The minimum Gasteiger partial charge on any atom is -0.355 e. The molecule has 0 heterocycles. The van der Waals surface area contributed by atoms with E-state index in [9.17, 15) is 4.79 Å². The summed E-state index contributed by atoms with van der Waals surface area (Å²) >= 11 is 0. The number of carbonyl (C=O) groups excluding carboxylic acids is 1. The van der Waals surface area contributed by atoms with E-state index >= 15 is 0 Å². The van der Waals surface area contributed by atoms with Crippen molar-refractivity contribution in [2.45, 2.75) is 33.7 Å². The van der Waals surface area contributed by atoms with Crippen LogP contribution in [0.3, 0.4) is 0 Å². The predicted molar refractivity (Wildman–Crippen MR) is 63.9 cm³/mol. The van der Waals surface area contributed by atoms with Crippen molar-refractivity contribution in [3.05, 3.63) is 0 Å². The van der Waals surface area contributed by atoms with E-state index < -0.39 is 0 Å². The molecule has 0 spiro atoms. The molecule has 4 nitrogen and oxygen atoms in total. The van der Waals surface area contributed by atoms with Gasteiger partial charge in [-0.1, -0.05) is 13.8 Å². The first-order valence-electron chi connectivity index (χ1n) is 5.80. The second kappa shape index (κ2) is 8.68. The molecular weight excluding hydrogens is 190 g/mol. The number of nitrogens with zero attached hydrogens (tertiary/aromatic N) is 1. The number of likely N-dealkylation sites (N-methyl/N-ethyl adjacent to an activating group) is 1. The molecule has 0 aliphatic rings. The first-order chi connectivity index (χ1) is 7.10. The molecule has 90 valence electrons. The summed E-state index contributed by atoms with van der Waals surface area (Å²) in [5, 5.41) is 6.15. The molecule has 15 heavy (non-hydrogen) atoms. The van der Waals surface area contributed by atoms with Crippen molar-refractivity contribution in [2.24, 2.45) is 0 Å². The van der Waals surface area contributed by atoms with Crippen LogP contribution in [0.15, 0.2) is 0 Å². The fourth-order valence-electron chi connectivity index (χ4n) is 1.49. The highest BCUT2D eigenvalue weighted by molar-refractivity contribution is 5.72. The zero-order valence-electron chi connectivity index (χ0n) is 10.5. The SMILES string of the molecule is CCN(CC)CC(C)NCCNC(C)=O. The summed E-state index contributed by atoms with van der Waals surface area (Å²) in [6.07, 6.45) is 0. The third-order valence-electron chi connectivity index (χ3n) is 2.42. The molecule has 0 saturated heterocycles. The minimum absolute atomic E-state index is 0.0354. The summed E-state index contributed by atoms with van der Waals surface area (Å²) in [5.74, 6) is 0.0354. The van der Waals surface area contributed by atoms with E-state index in [2.05, 4.69) is 36.3 Å². The van der Waals surface area contributed by atoms with Crippen LogP contribution in [0, 0.1) is 0 Å². The monoisotopic (exact) mass is 215 g/mol. The Morgan fingerprint density at radius 1 is 1.27 bits per heavy atom. The van der Waals surface area contributed by atoms with Gasteiger partial charge < -0.3 is 15.5 Å². The second-order valence-corrected chi connectivity index (χ2v) is 3.82. The normalized spacial score (nSPS) is 12.9. The summed E-state index contributed by atoms with van der Waals surface area (Å²) in [6.45, 7) is 12.8. The topological polar surface area (TPSA) is 44.4 Å². The van der Waals surface area contributed by atoms with Gasteiger partial charge in [-0.3, -0.25) is 4.79 Å². The standard InChI is InChI=1S/C11H25N3O/c1-5-14(6-2)9-10(3)12-7-8-13-11(4)15/h10,12H,5-9H2,1-4H3,(H,13,15). The maximum absolute atomic E-state index is 10.6. The van der Waals surface area contributed by atoms with E-state index in [1.807, 2.05) is 0 Å². The van der Waals surface area contributed by atoms with Gasteiger partial charge in [-0.2, -0.15) is 0 Å². The summed E-state index contributed by atoms with van der Waals surface area (Å²) in [4.78, 5) is 13.0. The van der Waals surface area contributed by atoms with Crippen LogP contribution in [0.2, 0.25) is 0 Å². The van der Waals surface area contributed by atoms with E-state index in [4.69, 9.17) is 0 Å². The smallest absolute Gasteiger partial charge is 0.216 e. The molecule has 0 aromatic heterocycles. The zero-order valence-corrected chi connectivity index (χ0v) is 10.5. The van der Waals surface area contributed by atoms with E-state index in [0.29, 0.717) is 12.6 Å². The minimum atomic E-state index is 0.0354. The van der Waals surface area contributed by atoms with E-state index in [-0.39, 0.29) is 5.91 Å². The van der Waals surface area contributed by atoms with Crippen molar-refractivity contribution in [1.29, 1.82) is 0 Å². The number of hydrogen-bond donors (Lipinski definition) is 2. The molecule has 0 rings (SSSR count). The van der Waals surface area contributed by atoms with E-state index in [0.717, 1.165) is 26.2 Å². The average molecular weight is 215 g/mol. The van der Waals surface area contributed by atoms with Gasteiger partial charge in [-0.15, -0.1) is 0 Å². The number of amides is 1. The van der Waals surface area contributed by atoms with Crippen LogP contribution in [0.25, 0.3) is 0 Å². The Morgan fingerprint density at radius 3 is 2.33 bits per heavy atom. The summed E-state index contributed by atoms with van der Waals surface area (Å²) in [6, 6.07) is 0.471. The molecule has 4 heteroatoms. The van der Waals surface area contributed by atoms with Crippen LogP contribution >= 0.6 is 0 Å². The molecule has 0 aromatic rings. The number of hydrogen-bond acceptors (Lipinski definition) is 3. The van der Waals surface area contributed by atoms with Gasteiger partial charge in [-0.25, -0.2) is 0 Å². The predicted octanol–water partition coefficient (Wildman–Crippen LogP) is 0.442. The quantitative estimate of drug-likeness (QED) is 0.578. The highest BCUT2D eigenvalue weighted by Crippen LogP contribution is 1.90. The lowest BCUT2D eigenvalue weighted by Gasteiger charge is -2.23. The average Bonchev–Trinajstić information content (AvgIpc) is 2.20. The maximum Gasteiger partial charge on any atom is 0.216 e. The number of rotatable bonds is 8. The molecule has 1 amide bonds. The fourth-order valence-corrected chi connectivity index (χ4v) is 1.49. The Bertz CT molecular complexity index is 169. The van der Waals surface area contributed by atoms with Crippen LogP contribution in [-0.2, 0) is 4.79 Å². The Labute approximate surface area is 93.4 Å². The third-order valence-corrected chi connectivity index (χ3v) is 2.42. The lowest BCUT2D eigenvalue weighted by Crippen LogP contribution is -2.42. The van der Waals surface area contributed by atoms with Crippen LogP contribution in [0.4, 0.5) is 0 Å². The molecule has 0 bridgehead atoms. The van der Waals surface area contributed by atoms with Crippen molar-refractivity contribution in [3.63, 3.8) is 0 Å². The van der Waals surface area contributed by atoms with Crippen molar-refractivity contribution in [3.8, 4) is 0 Å². The van der Waals surface area contributed by atoms with Gasteiger partial charge in [0.25, 0.3) is 0 Å². The highest BCUT2D eigenvalue weighted by atomic mass is 16.1. The van der Waals surface area contributed by atoms with Gasteiger partial charge >= 0.3 is 0 Å². The molecule has 0 saturated carbocycles. The molecule has 0 radical (unpaired) electrons. The van der Waals surface area contributed by atoms with E-state index in [1.165, 1.54) is 0 Å². The molecule has 2 N–H and O–H groups in total. The van der Waals surface area contributed by atoms with Gasteiger partial charge in [0, 0.05) is 32.6 Å². The largest absolute Gasteiger partial charge is 0.355 e. The molecule has 0 aliphatic carbocycles. The van der Waals surface area contributed by atoms with Crippen molar-refractivity contribution in [2.75, 3.05) is 32.7 Å². The van der Waals surface area contributed by atoms with Gasteiger partial charge in [0.1, 0.15) is 0 Å². The Hall–Kier alpha value is -0.610. The number of nitrogens with one attached hydrogen (secondary N) is 2. The van der Waals surface area contributed by atoms with Crippen LogP contribution < -0.4 is 10.6 Å². The molecule has 1 unspecified atom stereocenters. The molecule has 0 aliphatic heterocycles. The van der Waals surface area contributed by atoms with Crippen LogP contribution in [-0.4, -0.2) is 49.6 Å². The molecule has 0 fully saturated rings. The third kappa shape index (κ3) is 8.39. The Kier molecular flexibility index (Phi) is 8.33. The second-order valence-electron chi connectivity index (χ2n) is 3.82. The summed E-state index contributed by atoms with van der Waals surface area (Å²) in [7, 11) is 0. The van der Waals surface area contributed by atoms with E-state index in [1.54, 1.807) is 6.92 Å². The van der Waals surface area contributed by atoms with Crippen molar-refractivity contribution in [1.82, 2.24) is 15.5 Å². The molecule has 1 atom stereocenters. The summed E-state index contributed by atoms with van der Waals surface area (Å²) < 4.78 is 0. The van der Waals surface area contributed by atoms with Crippen molar-refractivity contribution >= 4 is 5.91 Å².